The summed E-state index contributed by atoms with van der Waals surface area (Å²) in [6, 6.07) is 6.24. The zero-order valence-electron chi connectivity index (χ0n) is 13.8. The maximum Gasteiger partial charge on any atom is 0.260 e. The highest BCUT2D eigenvalue weighted by molar-refractivity contribution is 5.80. The number of hydrogen-bond acceptors (Lipinski definition) is 3. The molecule has 0 aliphatic rings. The molecule has 0 fully saturated rings. The summed E-state index contributed by atoms with van der Waals surface area (Å²) in [5.74, 6) is 1.10. The zero-order chi connectivity index (χ0) is 16.0. The number of carbonyl (C=O) groups is 1. The Labute approximate surface area is 128 Å². The molecule has 3 N–H and O–H groups in total. The Balaban J connectivity index is 2.63. The smallest absolute Gasteiger partial charge is 0.260 e. The Bertz CT molecular complexity index is 470. The molecule has 1 aromatic rings. The van der Waals surface area contributed by atoms with Crippen molar-refractivity contribution in [1.82, 2.24) is 5.32 Å². The molecule has 0 spiro atoms. The molecule has 0 radical (unpaired) electrons. The van der Waals surface area contributed by atoms with Gasteiger partial charge in [-0.3, -0.25) is 4.79 Å². The lowest BCUT2D eigenvalue weighted by Gasteiger charge is -2.18. The number of hydrogen-bond donors (Lipinski definition) is 2. The van der Waals surface area contributed by atoms with Crippen molar-refractivity contribution in [1.29, 1.82) is 0 Å². The number of benzene rings is 1. The van der Waals surface area contributed by atoms with Crippen molar-refractivity contribution in [2.75, 3.05) is 6.54 Å². The molecule has 0 aliphatic heterocycles. The van der Waals surface area contributed by atoms with Crippen LogP contribution in [0, 0.1) is 6.92 Å². The van der Waals surface area contributed by atoms with Crippen molar-refractivity contribution < 1.29 is 9.53 Å². The second kappa shape index (κ2) is 8.03. The molecular formula is C17H28N2O2. The van der Waals surface area contributed by atoms with Crippen LogP contribution in [0.3, 0.4) is 0 Å². The van der Waals surface area contributed by atoms with Gasteiger partial charge in [0.1, 0.15) is 5.75 Å². The van der Waals surface area contributed by atoms with Crippen molar-refractivity contribution in [3.05, 3.63) is 29.3 Å². The van der Waals surface area contributed by atoms with Gasteiger partial charge in [0.05, 0.1) is 0 Å². The molecule has 0 bridgehead atoms. The van der Waals surface area contributed by atoms with Crippen molar-refractivity contribution in [2.24, 2.45) is 5.73 Å². The number of amides is 1. The van der Waals surface area contributed by atoms with E-state index in [1.807, 2.05) is 26.0 Å². The fourth-order valence-corrected chi connectivity index (χ4v) is 1.91. The van der Waals surface area contributed by atoms with E-state index in [2.05, 4.69) is 25.2 Å². The molecule has 1 aromatic carbocycles. The third-order valence-electron chi connectivity index (χ3n) is 3.45. The minimum Gasteiger partial charge on any atom is -0.481 e. The predicted molar refractivity (Wildman–Crippen MR) is 86.6 cm³/mol. The van der Waals surface area contributed by atoms with Crippen LogP contribution in [-0.2, 0) is 4.79 Å². The largest absolute Gasteiger partial charge is 0.481 e. The average molecular weight is 292 g/mol. The lowest BCUT2D eigenvalue weighted by atomic mass is 10.0. The highest BCUT2D eigenvalue weighted by Gasteiger charge is 2.16. The number of aryl methyl sites for hydroxylation is 1. The molecule has 2 atom stereocenters. The van der Waals surface area contributed by atoms with Gasteiger partial charge in [-0.1, -0.05) is 26.0 Å². The second-order valence-corrected chi connectivity index (χ2v) is 6.00. The summed E-state index contributed by atoms with van der Waals surface area (Å²) in [5.41, 5.74) is 7.91. The maximum atomic E-state index is 12.0. The van der Waals surface area contributed by atoms with Gasteiger partial charge < -0.3 is 15.8 Å². The van der Waals surface area contributed by atoms with Crippen LogP contribution >= 0.6 is 0 Å². The van der Waals surface area contributed by atoms with Gasteiger partial charge in [0.25, 0.3) is 5.91 Å². The van der Waals surface area contributed by atoms with E-state index >= 15 is 0 Å². The van der Waals surface area contributed by atoms with Gasteiger partial charge in [-0.25, -0.2) is 0 Å². The SMILES string of the molecule is Cc1ccc(C(C)C)cc1OC(C)C(=O)NCCC(C)N. The molecule has 0 saturated heterocycles. The number of carbonyl (C=O) groups excluding carboxylic acids is 1. The molecule has 0 aliphatic carbocycles. The molecule has 1 amide bonds. The van der Waals surface area contributed by atoms with Gasteiger partial charge in [0, 0.05) is 12.6 Å². The molecule has 0 saturated carbocycles. The average Bonchev–Trinajstić information content (AvgIpc) is 2.40. The lowest BCUT2D eigenvalue weighted by Crippen LogP contribution is -2.38. The first-order chi connectivity index (χ1) is 9.81. The lowest BCUT2D eigenvalue weighted by molar-refractivity contribution is -0.127. The minimum atomic E-state index is -0.515. The van der Waals surface area contributed by atoms with E-state index in [1.165, 1.54) is 5.56 Å². The van der Waals surface area contributed by atoms with E-state index in [-0.39, 0.29) is 11.9 Å². The van der Waals surface area contributed by atoms with Crippen molar-refractivity contribution in [3.63, 3.8) is 0 Å². The summed E-state index contributed by atoms with van der Waals surface area (Å²) >= 11 is 0. The van der Waals surface area contributed by atoms with Crippen LogP contribution in [0.5, 0.6) is 5.75 Å². The first-order valence-corrected chi connectivity index (χ1v) is 7.61. The van der Waals surface area contributed by atoms with Crippen LogP contribution in [-0.4, -0.2) is 24.6 Å². The quantitative estimate of drug-likeness (QED) is 0.812. The standard InChI is InChI=1S/C17H28N2O2/c1-11(2)15-7-6-12(3)16(10-15)21-14(5)17(20)19-9-8-13(4)18/h6-7,10-11,13-14H,8-9,18H2,1-5H3,(H,19,20). The van der Waals surface area contributed by atoms with E-state index in [0.717, 1.165) is 17.7 Å². The molecule has 0 heterocycles. The second-order valence-electron chi connectivity index (χ2n) is 6.00. The van der Waals surface area contributed by atoms with E-state index in [1.54, 1.807) is 6.92 Å². The molecule has 118 valence electrons. The normalized spacial score (nSPS) is 13.9. The van der Waals surface area contributed by atoms with E-state index in [9.17, 15) is 4.79 Å². The maximum absolute atomic E-state index is 12.0. The monoisotopic (exact) mass is 292 g/mol. The molecule has 1 rings (SSSR count). The van der Waals surface area contributed by atoms with Crippen LogP contribution in [0.4, 0.5) is 0 Å². The van der Waals surface area contributed by atoms with Crippen LogP contribution in [0.25, 0.3) is 0 Å². The zero-order valence-corrected chi connectivity index (χ0v) is 13.8. The third kappa shape index (κ3) is 5.76. The Morgan fingerprint density at radius 1 is 1.29 bits per heavy atom. The Hall–Kier alpha value is -1.55. The Morgan fingerprint density at radius 3 is 2.52 bits per heavy atom. The van der Waals surface area contributed by atoms with E-state index in [4.69, 9.17) is 10.5 Å². The molecule has 0 aromatic heterocycles. The number of rotatable bonds is 7. The minimum absolute atomic E-state index is 0.0893. The topological polar surface area (TPSA) is 64.3 Å². The first kappa shape index (κ1) is 17.5. The molecule has 4 nitrogen and oxygen atoms in total. The summed E-state index contributed by atoms with van der Waals surface area (Å²) in [6.45, 7) is 10.5. The molecule has 4 heteroatoms. The van der Waals surface area contributed by atoms with Crippen LogP contribution in [0.15, 0.2) is 18.2 Å². The van der Waals surface area contributed by atoms with E-state index < -0.39 is 6.10 Å². The first-order valence-electron chi connectivity index (χ1n) is 7.61. The summed E-state index contributed by atoms with van der Waals surface area (Å²) in [4.78, 5) is 12.0. The highest BCUT2D eigenvalue weighted by atomic mass is 16.5. The van der Waals surface area contributed by atoms with Gasteiger partial charge in [0.15, 0.2) is 6.10 Å². The highest BCUT2D eigenvalue weighted by Crippen LogP contribution is 2.25. The van der Waals surface area contributed by atoms with Crippen molar-refractivity contribution in [3.8, 4) is 5.75 Å². The van der Waals surface area contributed by atoms with E-state index in [0.29, 0.717) is 12.5 Å². The Kier molecular flexibility index (Phi) is 6.69. The fraction of sp³-hybridized carbons (Fsp3) is 0.588. The van der Waals surface area contributed by atoms with Gasteiger partial charge in [0.2, 0.25) is 0 Å². The fourth-order valence-electron chi connectivity index (χ4n) is 1.91. The molecular weight excluding hydrogens is 264 g/mol. The van der Waals surface area contributed by atoms with Gasteiger partial charge in [-0.2, -0.15) is 0 Å². The third-order valence-corrected chi connectivity index (χ3v) is 3.45. The Morgan fingerprint density at radius 2 is 1.95 bits per heavy atom. The predicted octanol–water partition coefficient (Wildman–Crippen LogP) is 2.74. The van der Waals surface area contributed by atoms with Gasteiger partial charge >= 0.3 is 0 Å². The van der Waals surface area contributed by atoms with Crippen LogP contribution < -0.4 is 15.8 Å². The summed E-state index contributed by atoms with van der Waals surface area (Å²) in [5, 5.41) is 2.85. The summed E-state index contributed by atoms with van der Waals surface area (Å²) < 4.78 is 5.81. The molecule has 2 unspecified atom stereocenters. The van der Waals surface area contributed by atoms with Crippen molar-refractivity contribution in [2.45, 2.75) is 59.1 Å². The summed E-state index contributed by atoms with van der Waals surface area (Å²) in [7, 11) is 0. The number of ether oxygens (including phenoxy) is 1. The van der Waals surface area contributed by atoms with Crippen LogP contribution in [0.1, 0.15) is 51.2 Å². The van der Waals surface area contributed by atoms with Gasteiger partial charge in [-0.05, 0) is 50.3 Å². The summed E-state index contributed by atoms with van der Waals surface area (Å²) in [6.07, 6.45) is 0.250. The number of nitrogens with one attached hydrogen (secondary N) is 1. The van der Waals surface area contributed by atoms with Crippen LogP contribution in [0.2, 0.25) is 0 Å². The van der Waals surface area contributed by atoms with Crippen molar-refractivity contribution >= 4 is 5.91 Å². The van der Waals surface area contributed by atoms with Gasteiger partial charge in [-0.15, -0.1) is 0 Å². The number of nitrogens with two attached hydrogens (primary N) is 1. The molecule has 21 heavy (non-hydrogen) atoms.